The van der Waals surface area contributed by atoms with E-state index in [-0.39, 0.29) is 6.10 Å². The molecule has 1 aliphatic carbocycles. The van der Waals surface area contributed by atoms with E-state index < -0.39 is 0 Å². The summed E-state index contributed by atoms with van der Waals surface area (Å²) in [5.74, 6) is 0.716. The fourth-order valence-electron chi connectivity index (χ4n) is 2.09. The van der Waals surface area contributed by atoms with Crippen molar-refractivity contribution < 1.29 is 9.84 Å². The van der Waals surface area contributed by atoms with Crippen LogP contribution in [0.3, 0.4) is 0 Å². The van der Waals surface area contributed by atoms with Gasteiger partial charge in [-0.15, -0.1) is 0 Å². The smallest absolute Gasteiger partial charge is 0.0693 e. The van der Waals surface area contributed by atoms with Crippen LogP contribution in [-0.2, 0) is 4.74 Å². The second-order valence-corrected chi connectivity index (χ2v) is 5.21. The van der Waals surface area contributed by atoms with Crippen LogP contribution in [0.5, 0.6) is 0 Å². The third-order valence-corrected chi connectivity index (χ3v) is 3.22. The van der Waals surface area contributed by atoms with Crippen LogP contribution in [0.2, 0.25) is 0 Å². The Kier molecular flexibility index (Phi) is 7.01. The minimum absolute atomic E-state index is 0.149. The van der Waals surface area contributed by atoms with Gasteiger partial charge in [0.2, 0.25) is 0 Å². The maximum absolute atomic E-state index is 9.74. The van der Waals surface area contributed by atoms with Gasteiger partial charge in [0, 0.05) is 19.2 Å². The van der Waals surface area contributed by atoms with E-state index in [0.717, 1.165) is 39.0 Å². The van der Waals surface area contributed by atoms with Crippen molar-refractivity contribution in [2.75, 3.05) is 19.8 Å². The Balaban J connectivity index is 1.94. The minimum atomic E-state index is -0.149. The van der Waals surface area contributed by atoms with Gasteiger partial charge >= 0.3 is 0 Å². The SMILES string of the molecule is CC(C)CCOCCNC1CCCCC1O. The molecule has 0 heterocycles. The molecule has 0 aromatic carbocycles. The minimum Gasteiger partial charge on any atom is -0.392 e. The first kappa shape index (κ1) is 13.9. The molecule has 1 saturated carbocycles. The Hall–Kier alpha value is -0.120. The van der Waals surface area contributed by atoms with Crippen molar-refractivity contribution in [1.29, 1.82) is 0 Å². The number of hydrogen-bond donors (Lipinski definition) is 2. The number of aliphatic hydroxyl groups excluding tert-OH is 1. The Morgan fingerprint density at radius 2 is 2.00 bits per heavy atom. The molecule has 96 valence electrons. The maximum Gasteiger partial charge on any atom is 0.0693 e. The quantitative estimate of drug-likeness (QED) is 0.656. The molecule has 2 atom stereocenters. The van der Waals surface area contributed by atoms with E-state index in [2.05, 4.69) is 19.2 Å². The zero-order valence-corrected chi connectivity index (χ0v) is 10.7. The molecule has 2 unspecified atom stereocenters. The molecule has 0 bridgehead atoms. The van der Waals surface area contributed by atoms with Crippen LogP contribution in [0.4, 0.5) is 0 Å². The number of nitrogens with one attached hydrogen (secondary N) is 1. The monoisotopic (exact) mass is 229 g/mol. The van der Waals surface area contributed by atoms with Crippen LogP contribution in [-0.4, -0.2) is 37.0 Å². The van der Waals surface area contributed by atoms with Crippen LogP contribution < -0.4 is 5.32 Å². The molecule has 1 rings (SSSR count). The number of ether oxygens (including phenoxy) is 1. The summed E-state index contributed by atoms with van der Waals surface area (Å²) in [6, 6.07) is 0.294. The van der Waals surface area contributed by atoms with E-state index in [4.69, 9.17) is 4.74 Å². The van der Waals surface area contributed by atoms with Crippen molar-refractivity contribution in [1.82, 2.24) is 5.32 Å². The van der Waals surface area contributed by atoms with Crippen molar-refractivity contribution in [2.45, 2.75) is 58.1 Å². The van der Waals surface area contributed by atoms with Crippen LogP contribution in [0.1, 0.15) is 46.0 Å². The first-order valence-corrected chi connectivity index (χ1v) is 6.69. The average Bonchev–Trinajstić information content (AvgIpc) is 2.25. The fraction of sp³-hybridized carbons (Fsp3) is 1.00. The molecule has 0 amide bonds. The van der Waals surface area contributed by atoms with Crippen LogP contribution >= 0.6 is 0 Å². The van der Waals surface area contributed by atoms with E-state index >= 15 is 0 Å². The highest BCUT2D eigenvalue weighted by molar-refractivity contribution is 4.79. The lowest BCUT2D eigenvalue weighted by molar-refractivity contribution is 0.0786. The zero-order chi connectivity index (χ0) is 11.8. The van der Waals surface area contributed by atoms with Gasteiger partial charge in [0.15, 0.2) is 0 Å². The fourth-order valence-corrected chi connectivity index (χ4v) is 2.09. The van der Waals surface area contributed by atoms with Gasteiger partial charge in [0.25, 0.3) is 0 Å². The Bertz CT molecular complexity index is 173. The average molecular weight is 229 g/mol. The third kappa shape index (κ3) is 5.83. The van der Waals surface area contributed by atoms with E-state index in [0.29, 0.717) is 12.0 Å². The van der Waals surface area contributed by atoms with Crippen molar-refractivity contribution >= 4 is 0 Å². The van der Waals surface area contributed by atoms with Crippen molar-refractivity contribution in [3.05, 3.63) is 0 Å². The molecule has 0 aromatic rings. The van der Waals surface area contributed by atoms with Gasteiger partial charge in [-0.05, 0) is 25.2 Å². The molecule has 3 nitrogen and oxygen atoms in total. The number of aliphatic hydroxyl groups is 1. The second kappa shape index (κ2) is 8.04. The summed E-state index contributed by atoms with van der Waals surface area (Å²) < 4.78 is 5.53. The van der Waals surface area contributed by atoms with E-state index in [1.165, 1.54) is 12.8 Å². The standard InChI is InChI=1S/C13H27NO2/c1-11(2)7-9-16-10-8-14-12-5-3-4-6-13(12)15/h11-15H,3-10H2,1-2H3. The summed E-state index contributed by atoms with van der Waals surface area (Å²) in [7, 11) is 0. The molecular weight excluding hydrogens is 202 g/mol. The van der Waals surface area contributed by atoms with Gasteiger partial charge in [-0.25, -0.2) is 0 Å². The van der Waals surface area contributed by atoms with Crippen molar-refractivity contribution in [3.8, 4) is 0 Å². The molecular formula is C13H27NO2. The molecule has 16 heavy (non-hydrogen) atoms. The summed E-state index contributed by atoms with van der Waals surface area (Å²) in [5.41, 5.74) is 0. The number of hydrogen-bond acceptors (Lipinski definition) is 3. The molecule has 0 saturated heterocycles. The molecule has 2 N–H and O–H groups in total. The first-order valence-electron chi connectivity index (χ1n) is 6.69. The molecule has 0 spiro atoms. The second-order valence-electron chi connectivity index (χ2n) is 5.21. The lowest BCUT2D eigenvalue weighted by Crippen LogP contribution is -2.43. The Morgan fingerprint density at radius 3 is 2.69 bits per heavy atom. The molecule has 1 fully saturated rings. The number of rotatable bonds is 7. The zero-order valence-electron chi connectivity index (χ0n) is 10.7. The first-order chi connectivity index (χ1) is 7.70. The Labute approximate surface area is 99.6 Å². The lowest BCUT2D eigenvalue weighted by atomic mass is 9.93. The van der Waals surface area contributed by atoms with Gasteiger partial charge in [-0.3, -0.25) is 0 Å². The summed E-state index contributed by atoms with van der Waals surface area (Å²) in [6.45, 7) is 6.89. The van der Waals surface area contributed by atoms with Crippen molar-refractivity contribution in [3.63, 3.8) is 0 Å². The van der Waals surface area contributed by atoms with Crippen molar-refractivity contribution in [2.24, 2.45) is 5.92 Å². The molecule has 1 aliphatic rings. The normalized spacial score (nSPS) is 26.2. The maximum atomic E-state index is 9.74. The summed E-state index contributed by atoms with van der Waals surface area (Å²) in [5, 5.41) is 13.1. The summed E-state index contributed by atoms with van der Waals surface area (Å²) >= 11 is 0. The van der Waals surface area contributed by atoms with Crippen LogP contribution in [0, 0.1) is 5.92 Å². The molecule has 0 aromatic heterocycles. The van der Waals surface area contributed by atoms with E-state index in [9.17, 15) is 5.11 Å². The van der Waals surface area contributed by atoms with Gasteiger partial charge in [0.1, 0.15) is 0 Å². The highest BCUT2D eigenvalue weighted by Gasteiger charge is 2.21. The highest BCUT2D eigenvalue weighted by atomic mass is 16.5. The highest BCUT2D eigenvalue weighted by Crippen LogP contribution is 2.17. The van der Waals surface area contributed by atoms with E-state index in [1.54, 1.807) is 0 Å². The van der Waals surface area contributed by atoms with Crippen LogP contribution in [0.15, 0.2) is 0 Å². The topological polar surface area (TPSA) is 41.5 Å². The van der Waals surface area contributed by atoms with Gasteiger partial charge in [-0.1, -0.05) is 26.7 Å². The predicted molar refractivity (Wildman–Crippen MR) is 66.5 cm³/mol. The van der Waals surface area contributed by atoms with Gasteiger partial charge in [0.05, 0.1) is 12.7 Å². The summed E-state index contributed by atoms with van der Waals surface area (Å²) in [6.07, 6.45) is 5.45. The predicted octanol–water partition coefficient (Wildman–Crippen LogP) is 1.94. The lowest BCUT2D eigenvalue weighted by Gasteiger charge is -2.28. The molecule has 0 radical (unpaired) electrons. The largest absolute Gasteiger partial charge is 0.392 e. The van der Waals surface area contributed by atoms with Gasteiger partial charge < -0.3 is 15.2 Å². The molecule has 0 aliphatic heterocycles. The molecule has 3 heteroatoms. The summed E-state index contributed by atoms with van der Waals surface area (Å²) in [4.78, 5) is 0. The van der Waals surface area contributed by atoms with Gasteiger partial charge in [-0.2, -0.15) is 0 Å². The van der Waals surface area contributed by atoms with E-state index in [1.807, 2.05) is 0 Å². The van der Waals surface area contributed by atoms with Crippen LogP contribution in [0.25, 0.3) is 0 Å². The third-order valence-electron chi connectivity index (χ3n) is 3.22. The Morgan fingerprint density at radius 1 is 1.25 bits per heavy atom.